The van der Waals surface area contributed by atoms with Gasteiger partial charge in [0.25, 0.3) is 5.22 Å². The molecule has 4 rings (SSSR count). The molecule has 2 aromatic heterocycles. The van der Waals surface area contributed by atoms with Crippen LogP contribution in [-0.4, -0.2) is 26.3 Å². The van der Waals surface area contributed by atoms with Gasteiger partial charge >= 0.3 is 0 Å². The molecular weight excluding hydrogens is 389 g/mol. The Bertz CT molecular complexity index is 1170. The van der Waals surface area contributed by atoms with E-state index in [1.165, 1.54) is 23.9 Å². The fourth-order valence-electron chi connectivity index (χ4n) is 3.23. The quantitative estimate of drug-likeness (QED) is 0.322. The Hall–Kier alpha value is -3.19. The number of rotatable bonds is 6. The number of nitrogens with zero attached hydrogens (tertiary/aromatic N) is 3. The van der Waals surface area contributed by atoms with E-state index < -0.39 is 0 Å². The Morgan fingerprint density at radius 3 is 2.62 bits per heavy atom. The average Bonchev–Trinajstić information content (AvgIpc) is 3.31. The van der Waals surface area contributed by atoms with Gasteiger partial charge in [-0.05, 0) is 50.2 Å². The van der Waals surface area contributed by atoms with E-state index in [0.29, 0.717) is 22.4 Å². The topological polar surface area (TPSA) is 60.9 Å². The van der Waals surface area contributed by atoms with Gasteiger partial charge in [-0.25, -0.2) is 4.39 Å². The van der Waals surface area contributed by atoms with Gasteiger partial charge in [0.15, 0.2) is 5.78 Å². The molecule has 2 aromatic carbocycles. The van der Waals surface area contributed by atoms with Crippen molar-refractivity contribution in [1.82, 2.24) is 14.8 Å². The number of Topliss-reactive ketones (excluding diaryl/α,β-unsaturated/α-hetero) is 1. The number of carbonyl (C=O) groups excluding carboxylic acids is 1. The number of benzene rings is 2. The average molecular weight is 407 g/mol. The summed E-state index contributed by atoms with van der Waals surface area (Å²) in [5, 5.41) is 8.38. The molecule has 0 fully saturated rings. The van der Waals surface area contributed by atoms with Gasteiger partial charge in [0, 0.05) is 28.2 Å². The second kappa shape index (κ2) is 8.05. The minimum absolute atomic E-state index is 0.0507. The zero-order valence-electron chi connectivity index (χ0n) is 15.9. The van der Waals surface area contributed by atoms with Crippen LogP contribution in [0.25, 0.3) is 17.1 Å². The molecule has 2 heterocycles. The molecule has 0 saturated carbocycles. The summed E-state index contributed by atoms with van der Waals surface area (Å²) in [6, 6.07) is 17.6. The fourth-order valence-corrected chi connectivity index (χ4v) is 3.87. The van der Waals surface area contributed by atoms with Gasteiger partial charge in [0.1, 0.15) is 5.82 Å². The largest absolute Gasteiger partial charge is 0.411 e. The summed E-state index contributed by atoms with van der Waals surface area (Å²) in [5.41, 5.74) is 3.76. The lowest BCUT2D eigenvalue weighted by Crippen LogP contribution is -2.05. The van der Waals surface area contributed by atoms with Gasteiger partial charge in [-0.2, -0.15) is 0 Å². The molecule has 0 atom stereocenters. The smallest absolute Gasteiger partial charge is 0.277 e. The Kier molecular flexibility index (Phi) is 5.31. The first-order chi connectivity index (χ1) is 14.0. The van der Waals surface area contributed by atoms with Crippen LogP contribution >= 0.6 is 11.8 Å². The molecule has 4 aromatic rings. The highest BCUT2D eigenvalue weighted by molar-refractivity contribution is 7.99. The number of ketones is 1. The van der Waals surface area contributed by atoms with E-state index in [0.717, 1.165) is 17.0 Å². The van der Waals surface area contributed by atoms with Gasteiger partial charge in [0.2, 0.25) is 5.89 Å². The Morgan fingerprint density at radius 2 is 1.86 bits per heavy atom. The lowest BCUT2D eigenvalue weighted by Gasteiger charge is -2.09. The number of hydrogen-bond donors (Lipinski definition) is 0. The SMILES string of the molecule is Cc1cc(C(=O)CSc2nnc(-c3ccccc3)o2)c(C)n1-c1cccc(F)c1. The van der Waals surface area contributed by atoms with Crippen LogP contribution in [0.5, 0.6) is 0 Å². The number of halogens is 1. The van der Waals surface area contributed by atoms with E-state index in [1.54, 1.807) is 6.07 Å². The zero-order chi connectivity index (χ0) is 20.4. The van der Waals surface area contributed by atoms with E-state index >= 15 is 0 Å². The fraction of sp³-hybridized carbons (Fsp3) is 0.136. The lowest BCUT2D eigenvalue weighted by atomic mass is 10.2. The molecule has 0 saturated heterocycles. The molecule has 0 N–H and O–H groups in total. The molecule has 29 heavy (non-hydrogen) atoms. The first kappa shape index (κ1) is 19.1. The Labute approximate surface area is 171 Å². The maximum Gasteiger partial charge on any atom is 0.277 e. The van der Waals surface area contributed by atoms with Crippen molar-refractivity contribution in [1.29, 1.82) is 0 Å². The Morgan fingerprint density at radius 1 is 1.07 bits per heavy atom. The second-order valence-corrected chi connectivity index (χ2v) is 7.48. The highest BCUT2D eigenvalue weighted by Gasteiger charge is 2.18. The maximum absolute atomic E-state index is 13.6. The van der Waals surface area contributed by atoms with Gasteiger partial charge in [-0.15, -0.1) is 10.2 Å². The molecule has 5 nitrogen and oxygen atoms in total. The van der Waals surface area contributed by atoms with Gasteiger partial charge in [-0.3, -0.25) is 4.79 Å². The first-order valence-electron chi connectivity index (χ1n) is 9.03. The molecule has 0 aliphatic rings. The molecule has 7 heteroatoms. The third-order valence-corrected chi connectivity index (χ3v) is 5.37. The summed E-state index contributed by atoms with van der Waals surface area (Å²) in [6.07, 6.45) is 0. The lowest BCUT2D eigenvalue weighted by molar-refractivity contribution is 0.102. The predicted molar refractivity (Wildman–Crippen MR) is 110 cm³/mol. The third kappa shape index (κ3) is 4.00. The molecule has 0 unspecified atom stereocenters. The van der Waals surface area contributed by atoms with Crippen molar-refractivity contribution in [3.05, 3.63) is 83.4 Å². The monoisotopic (exact) mass is 407 g/mol. The minimum Gasteiger partial charge on any atom is -0.411 e. The van der Waals surface area contributed by atoms with Crippen molar-refractivity contribution in [3.8, 4) is 17.1 Å². The standard InChI is InChI=1S/C22H18FN3O2S/c1-14-11-19(15(2)26(14)18-10-6-9-17(23)12-18)20(27)13-29-22-25-24-21(28-22)16-7-4-3-5-8-16/h3-12H,13H2,1-2H3. The van der Waals surface area contributed by atoms with Crippen molar-refractivity contribution < 1.29 is 13.6 Å². The molecular formula is C22H18FN3O2S. The number of hydrogen-bond acceptors (Lipinski definition) is 5. The number of aromatic nitrogens is 3. The van der Waals surface area contributed by atoms with Crippen LogP contribution in [0.3, 0.4) is 0 Å². The highest BCUT2D eigenvalue weighted by atomic mass is 32.2. The number of thioether (sulfide) groups is 1. The van der Waals surface area contributed by atoms with Crippen molar-refractivity contribution >= 4 is 17.5 Å². The van der Waals surface area contributed by atoms with Crippen molar-refractivity contribution in [3.63, 3.8) is 0 Å². The van der Waals surface area contributed by atoms with Crippen LogP contribution in [0.2, 0.25) is 0 Å². The van der Waals surface area contributed by atoms with Crippen LogP contribution in [0, 0.1) is 19.7 Å². The normalized spacial score (nSPS) is 11.0. The summed E-state index contributed by atoms with van der Waals surface area (Å²) in [4.78, 5) is 12.8. The van der Waals surface area contributed by atoms with E-state index in [4.69, 9.17) is 4.42 Å². The van der Waals surface area contributed by atoms with E-state index in [1.807, 2.05) is 60.9 Å². The van der Waals surface area contributed by atoms with Gasteiger partial charge in [0.05, 0.1) is 5.75 Å². The summed E-state index contributed by atoms with van der Waals surface area (Å²) < 4.78 is 21.1. The zero-order valence-corrected chi connectivity index (χ0v) is 16.7. The molecule has 0 radical (unpaired) electrons. The van der Waals surface area contributed by atoms with E-state index in [2.05, 4.69) is 10.2 Å². The number of aryl methyl sites for hydroxylation is 1. The first-order valence-corrected chi connectivity index (χ1v) is 10.0. The summed E-state index contributed by atoms with van der Waals surface area (Å²) in [7, 11) is 0. The van der Waals surface area contributed by atoms with Crippen molar-refractivity contribution in [2.24, 2.45) is 0 Å². The highest BCUT2D eigenvalue weighted by Crippen LogP contribution is 2.26. The summed E-state index contributed by atoms with van der Waals surface area (Å²) in [5.74, 6) is 0.225. The maximum atomic E-state index is 13.6. The van der Waals surface area contributed by atoms with Crippen molar-refractivity contribution in [2.75, 3.05) is 5.75 Å². The van der Waals surface area contributed by atoms with Crippen LogP contribution in [0.1, 0.15) is 21.7 Å². The molecule has 0 aliphatic carbocycles. The molecule has 0 spiro atoms. The van der Waals surface area contributed by atoms with Crippen LogP contribution in [0.4, 0.5) is 4.39 Å². The summed E-state index contributed by atoms with van der Waals surface area (Å²) in [6.45, 7) is 3.75. The number of carbonyl (C=O) groups is 1. The van der Waals surface area contributed by atoms with Crippen LogP contribution in [-0.2, 0) is 0 Å². The van der Waals surface area contributed by atoms with Crippen LogP contribution < -0.4 is 0 Å². The van der Waals surface area contributed by atoms with Gasteiger partial charge < -0.3 is 8.98 Å². The molecule has 146 valence electrons. The predicted octanol–water partition coefficient (Wildman–Crippen LogP) is 5.26. The third-order valence-electron chi connectivity index (χ3n) is 4.55. The summed E-state index contributed by atoms with van der Waals surface area (Å²) >= 11 is 1.20. The Balaban J connectivity index is 1.50. The molecule has 0 bridgehead atoms. The molecule has 0 amide bonds. The second-order valence-electron chi connectivity index (χ2n) is 6.55. The van der Waals surface area contributed by atoms with E-state index in [9.17, 15) is 9.18 Å². The van der Waals surface area contributed by atoms with E-state index in [-0.39, 0.29) is 17.4 Å². The van der Waals surface area contributed by atoms with Crippen LogP contribution in [0.15, 0.2) is 70.3 Å². The van der Waals surface area contributed by atoms with Gasteiger partial charge in [-0.1, -0.05) is 36.0 Å². The van der Waals surface area contributed by atoms with Crippen molar-refractivity contribution in [2.45, 2.75) is 19.1 Å². The molecule has 0 aliphatic heterocycles. The minimum atomic E-state index is -0.316.